The molecular formula is C15H14Cl2N2O3. The van der Waals surface area contributed by atoms with Gasteiger partial charge in [-0.15, -0.1) is 0 Å². The number of hydrogen-bond donors (Lipinski definition) is 2. The Labute approximate surface area is 137 Å². The summed E-state index contributed by atoms with van der Waals surface area (Å²) in [5.41, 5.74) is 1.10. The molecule has 2 N–H and O–H groups in total. The van der Waals surface area contributed by atoms with Crippen LogP contribution in [0.5, 0.6) is 0 Å². The highest BCUT2D eigenvalue weighted by Gasteiger charge is 2.14. The Morgan fingerprint density at radius 1 is 1.27 bits per heavy atom. The summed E-state index contributed by atoms with van der Waals surface area (Å²) in [6, 6.07) is 8.06. The fourth-order valence-corrected chi connectivity index (χ4v) is 2.12. The molecule has 1 aromatic heterocycles. The van der Waals surface area contributed by atoms with Gasteiger partial charge in [-0.25, -0.2) is 4.79 Å². The average Bonchev–Trinajstić information content (AvgIpc) is 3.02. The topological polar surface area (TPSA) is 71.2 Å². The fraction of sp³-hybridized carbons (Fsp3) is 0.200. The lowest BCUT2D eigenvalue weighted by Crippen LogP contribution is -2.31. The molecule has 0 aliphatic heterocycles. The van der Waals surface area contributed by atoms with Crippen molar-refractivity contribution in [3.05, 3.63) is 57.8 Å². The number of aromatic nitrogens is 1. The number of halogens is 2. The number of hydrogen-bond acceptors (Lipinski definition) is 3. The van der Waals surface area contributed by atoms with Crippen LogP contribution in [0.25, 0.3) is 0 Å². The van der Waals surface area contributed by atoms with E-state index in [-0.39, 0.29) is 12.6 Å². The lowest BCUT2D eigenvalue weighted by Gasteiger charge is -2.15. The number of aromatic amines is 1. The molecule has 7 heteroatoms. The monoisotopic (exact) mass is 340 g/mol. The zero-order chi connectivity index (χ0) is 16.1. The Balaban J connectivity index is 1.86. The van der Waals surface area contributed by atoms with Gasteiger partial charge in [-0.2, -0.15) is 0 Å². The maximum atomic E-state index is 11.8. The molecule has 116 valence electrons. The summed E-state index contributed by atoms with van der Waals surface area (Å²) in [6.07, 6.45) is 1.60. The average molecular weight is 341 g/mol. The molecule has 0 spiro atoms. The molecule has 0 saturated carbocycles. The lowest BCUT2D eigenvalue weighted by atomic mass is 10.1. The molecule has 2 aromatic rings. The lowest BCUT2D eigenvalue weighted by molar-refractivity contribution is -0.124. The van der Waals surface area contributed by atoms with Crippen LogP contribution >= 0.6 is 23.2 Å². The quantitative estimate of drug-likeness (QED) is 0.820. The van der Waals surface area contributed by atoms with Crippen molar-refractivity contribution in [1.82, 2.24) is 10.3 Å². The van der Waals surface area contributed by atoms with Crippen molar-refractivity contribution >= 4 is 35.1 Å². The van der Waals surface area contributed by atoms with E-state index in [1.54, 1.807) is 43.5 Å². The van der Waals surface area contributed by atoms with Crippen LogP contribution in [-0.4, -0.2) is 23.5 Å². The fourth-order valence-electron chi connectivity index (χ4n) is 1.81. The van der Waals surface area contributed by atoms with E-state index in [1.165, 1.54) is 0 Å². The maximum Gasteiger partial charge on any atom is 0.355 e. The Hall–Kier alpha value is -1.98. The first kappa shape index (κ1) is 16.4. The van der Waals surface area contributed by atoms with Crippen LogP contribution in [0.4, 0.5) is 0 Å². The van der Waals surface area contributed by atoms with Gasteiger partial charge in [-0.1, -0.05) is 29.3 Å². The zero-order valence-electron chi connectivity index (χ0n) is 11.7. The summed E-state index contributed by atoms with van der Waals surface area (Å²) in [5.74, 6) is -0.985. The van der Waals surface area contributed by atoms with Crippen LogP contribution < -0.4 is 5.32 Å². The molecule has 0 saturated heterocycles. The standard InChI is InChI=1S/C15H14Cl2N2O3/c1-9(10-4-5-11(16)12(17)7-10)19-14(20)8-22-15(21)13-3-2-6-18-13/h2-7,9,18H,8H2,1H3,(H,19,20)/t9-/m1/s1. The van der Waals surface area contributed by atoms with Gasteiger partial charge >= 0.3 is 5.97 Å². The Bertz CT molecular complexity index is 671. The normalized spacial score (nSPS) is 11.8. The van der Waals surface area contributed by atoms with Gasteiger partial charge in [0, 0.05) is 6.20 Å². The van der Waals surface area contributed by atoms with Crippen molar-refractivity contribution in [3.8, 4) is 0 Å². The number of H-pyrrole nitrogens is 1. The molecular weight excluding hydrogens is 327 g/mol. The molecule has 1 heterocycles. The molecule has 2 rings (SSSR count). The summed E-state index contributed by atoms with van der Waals surface area (Å²) in [6.45, 7) is 1.44. The third-order valence-corrected chi connectivity index (χ3v) is 3.71. The number of amides is 1. The van der Waals surface area contributed by atoms with Crippen molar-refractivity contribution in [2.24, 2.45) is 0 Å². The highest BCUT2D eigenvalue weighted by atomic mass is 35.5. The number of nitrogens with one attached hydrogen (secondary N) is 2. The van der Waals surface area contributed by atoms with Gasteiger partial charge < -0.3 is 15.0 Å². The van der Waals surface area contributed by atoms with Crippen LogP contribution in [-0.2, 0) is 9.53 Å². The molecule has 0 unspecified atom stereocenters. The summed E-state index contributed by atoms with van der Waals surface area (Å²) in [4.78, 5) is 26.1. The van der Waals surface area contributed by atoms with Gasteiger partial charge in [0.1, 0.15) is 5.69 Å². The second-order valence-electron chi connectivity index (χ2n) is 4.62. The van der Waals surface area contributed by atoms with Crippen LogP contribution in [0.2, 0.25) is 10.0 Å². The Morgan fingerprint density at radius 3 is 2.68 bits per heavy atom. The second kappa shape index (κ2) is 7.33. The number of ether oxygens (including phenoxy) is 1. The van der Waals surface area contributed by atoms with Crippen molar-refractivity contribution in [1.29, 1.82) is 0 Å². The highest BCUT2D eigenvalue weighted by molar-refractivity contribution is 6.42. The molecule has 22 heavy (non-hydrogen) atoms. The molecule has 0 radical (unpaired) electrons. The summed E-state index contributed by atoms with van der Waals surface area (Å²) in [7, 11) is 0. The van der Waals surface area contributed by atoms with Gasteiger partial charge in [0.25, 0.3) is 5.91 Å². The second-order valence-corrected chi connectivity index (χ2v) is 5.44. The first-order valence-electron chi connectivity index (χ1n) is 6.52. The van der Waals surface area contributed by atoms with Crippen molar-refractivity contribution in [3.63, 3.8) is 0 Å². The van der Waals surface area contributed by atoms with Crippen LogP contribution in [0.15, 0.2) is 36.5 Å². The van der Waals surface area contributed by atoms with Crippen molar-refractivity contribution in [2.45, 2.75) is 13.0 Å². The zero-order valence-corrected chi connectivity index (χ0v) is 13.2. The molecule has 0 bridgehead atoms. The van der Waals surface area contributed by atoms with E-state index in [1.807, 2.05) is 0 Å². The largest absolute Gasteiger partial charge is 0.451 e. The molecule has 1 atom stereocenters. The first-order valence-corrected chi connectivity index (χ1v) is 7.28. The summed E-state index contributed by atoms with van der Waals surface area (Å²) < 4.78 is 4.90. The summed E-state index contributed by atoms with van der Waals surface area (Å²) in [5, 5.41) is 3.58. The highest BCUT2D eigenvalue weighted by Crippen LogP contribution is 2.25. The minimum absolute atomic E-state index is 0.286. The Morgan fingerprint density at radius 2 is 2.05 bits per heavy atom. The van der Waals surface area contributed by atoms with E-state index in [2.05, 4.69) is 10.3 Å². The van der Waals surface area contributed by atoms with E-state index >= 15 is 0 Å². The van der Waals surface area contributed by atoms with E-state index < -0.39 is 11.9 Å². The maximum absolute atomic E-state index is 11.8. The number of carbonyl (C=O) groups excluding carboxylic acids is 2. The Kier molecular flexibility index (Phi) is 5.46. The first-order chi connectivity index (χ1) is 10.5. The van der Waals surface area contributed by atoms with Gasteiger partial charge in [-0.3, -0.25) is 4.79 Å². The van der Waals surface area contributed by atoms with Crippen molar-refractivity contribution < 1.29 is 14.3 Å². The summed E-state index contributed by atoms with van der Waals surface area (Å²) >= 11 is 11.8. The van der Waals surface area contributed by atoms with E-state index in [9.17, 15) is 9.59 Å². The van der Waals surface area contributed by atoms with Crippen LogP contribution in [0, 0.1) is 0 Å². The SMILES string of the molecule is C[C@@H](NC(=O)COC(=O)c1ccc[nH]1)c1ccc(Cl)c(Cl)c1. The predicted octanol–water partition coefficient (Wildman–Crippen LogP) is 3.36. The van der Waals surface area contributed by atoms with Crippen molar-refractivity contribution in [2.75, 3.05) is 6.61 Å². The molecule has 1 aromatic carbocycles. The number of rotatable bonds is 5. The third-order valence-electron chi connectivity index (χ3n) is 2.97. The van der Waals surface area contributed by atoms with E-state index in [4.69, 9.17) is 27.9 Å². The minimum atomic E-state index is -0.581. The van der Waals surface area contributed by atoms with E-state index in [0.29, 0.717) is 15.7 Å². The van der Waals surface area contributed by atoms with Gasteiger partial charge in [-0.05, 0) is 36.8 Å². The van der Waals surface area contributed by atoms with Gasteiger partial charge in [0.05, 0.1) is 16.1 Å². The van der Waals surface area contributed by atoms with Crippen LogP contribution in [0.1, 0.15) is 29.0 Å². The van der Waals surface area contributed by atoms with Gasteiger partial charge in [0.15, 0.2) is 6.61 Å². The third kappa shape index (κ3) is 4.26. The number of carbonyl (C=O) groups is 2. The molecule has 5 nitrogen and oxygen atoms in total. The van der Waals surface area contributed by atoms with Gasteiger partial charge in [0.2, 0.25) is 0 Å². The molecule has 0 aliphatic carbocycles. The van der Waals surface area contributed by atoms with Crippen LogP contribution in [0.3, 0.4) is 0 Å². The number of benzene rings is 1. The number of esters is 1. The molecule has 1 amide bonds. The minimum Gasteiger partial charge on any atom is -0.451 e. The smallest absolute Gasteiger partial charge is 0.355 e. The predicted molar refractivity (Wildman–Crippen MR) is 84.1 cm³/mol. The van der Waals surface area contributed by atoms with E-state index in [0.717, 1.165) is 5.56 Å². The molecule has 0 fully saturated rings. The molecule has 0 aliphatic rings.